The molecule has 96 valence electrons. The molecule has 9 heteroatoms. The van der Waals surface area contributed by atoms with Crippen molar-refractivity contribution in [1.29, 1.82) is 0 Å². The van der Waals surface area contributed by atoms with Gasteiger partial charge < -0.3 is 15.7 Å². The maximum atomic E-state index is 11.1. The maximum absolute atomic E-state index is 11.1. The topological polar surface area (TPSA) is 125 Å². The van der Waals surface area contributed by atoms with E-state index in [4.69, 9.17) is 5.11 Å². The van der Waals surface area contributed by atoms with E-state index in [-0.39, 0.29) is 18.2 Å². The third-order valence-electron chi connectivity index (χ3n) is 1.33. The molecule has 0 aliphatic carbocycles. The minimum absolute atomic E-state index is 0.115. The molecule has 2 amide bonds. The summed E-state index contributed by atoms with van der Waals surface area (Å²) in [6, 6.07) is 0. The summed E-state index contributed by atoms with van der Waals surface area (Å²) in [4.78, 5) is 42.6. The first-order valence-electron chi connectivity index (χ1n) is 4.57. The van der Waals surface area contributed by atoms with Crippen LogP contribution in [0.4, 0.5) is 0 Å². The van der Waals surface area contributed by atoms with Gasteiger partial charge in [0.2, 0.25) is 16.9 Å². The van der Waals surface area contributed by atoms with E-state index in [0.717, 1.165) is 11.9 Å². The summed E-state index contributed by atoms with van der Waals surface area (Å²) in [6.45, 7) is 0.428. The lowest BCUT2D eigenvalue weighted by Crippen LogP contribution is -2.41. The Labute approximate surface area is 102 Å². The van der Waals surface area contributed by atoms with Crippen LogP contribution in [0.25, 0.3) is 0 Å². The lowest BCUT2D eigenvalue weighted by Gasteiger charge is -2.05. The average Bonchev–Trinajstić information content (AvgIpc) is 2.23. The van der Waals surface area contributed by atoms with Crippen molar-refractivity contribution in [3.63, 3.8) is 0 Å². The van der Waals surface area contributed by atoms with E-state index in [0.29, 0.717) is 0 Å². The van der Waals surface area contributed by atoms with E-state index in [2.05, 4.69) is 15.4 Å². The highest BCUT2D eigenvalue weighted by Crippen LogP contribution is 1.91. The van der Waals surface area contributed by atoms with E-state index in [9.17, 15) is 19.2 Å². The summed E-state index contributed by atoms with van der Waals surface area (Å²) < 4.78 is 2.49. The van der Waals surface area contributed by atoms with Crippen LogP contribution in [0.2, 0.25) is 0 Å². The standard InChI is InChI=1S/C8H13N3O5S/c1-5(12)17-11-3-7(14)9-2-6(13)10-4-8(15)16/h11H,2-4H2,1H3,(H,9,14)(H,10,13)(H,15,16). The minimum atomic E-state index is -1.16. The van der Waals surface area contributed by atoms with Gasteiger partial charge in [0.15, 0.2) is 0 Å². The van der Waals surface area contributed by atoms with Gasteiger partial charge in [-0.15, -0.1) is 0 Å². The van der Waals surface area contributed by atoms with Crippen molar-refractivity contribution >= 4 is 34.8 Å². The molecule has 17 heavy (non-hydrogen) atoms. The molecule has 0 atom stereocenters. The number of nitrogens with one attached hydrogen (secondary N) is 3. The van der Waals surface area contributed by atoms with Crippen LogP contribution in [0.5, 0.6) is 0 Å². The number of amides is 2. The average molecular weight is 263 g/mol. The number of aliphatic carboxylic acids is 1. The highest BCUT2D eigenvalue weighted by atomic mass is 32.2. The number of carboxylic acid groups (broad SMARTS) is 1. The molecule has 0 aromatic rings. The Hall–Kier alpha value is -1.61. The van der Waals surface area contributed by atoms with Gasteiger partial charge in [0.05, 0.1) is 13.1 Å². The minimum Gasteiger partial charge on any atom is -0.480 e. The predicted octanol–water partition coefficient (Wildman–Crippen LogP) is -1.91. The smallest absolute Gasteiger partial charge is 0.322 e. The Bertz CT molecular complexity index is 320. The lowest BCUT2D eigenvalue weighted by molar-refractivity contribution is -0.137. The van der Waals surface area contributed by atoms with Gasteiger partial charge in [0.25, 0.3) is 0 Å². The molecular formula is C8H13N3O5S. The van der Waals surface area contributed by atoms with Crippen molar-refractivity contribution in [3.8, 4) is 0 Å². The van der Waals surface area contributed by atoms with Gasteiger partial charge in [-0.2, -0.15) is 0 Å². The number of rotatable bonds is 7. The van der Waals surface area contributed by atoms with Gasteiger partial charge in [-0.1, -0.05) is 0 Å². The number of carbonyl (C=O) groups is 4. The van der Waals surface area contributed by atoms with Gasteiger partial charge in [0, 0.05) is 6.92 Å². The van der Waals surface area contributed by atoms with Gasteiger partial charge in [-0.25, -0.2) is 4.72 Å². The molecule has 4 N–H and O–H groups in total. The second-order valence-electron chi connectivity index (χ2n) is 2.86. The number of carboxylic acids is 1. The SMILES string of the molecule is CC(=O)SNCC(=O)NCC(=O)NCC(=O)O. The zero-order valence-electron chi connectivity index (χ0n) is 9.11. The van der Waals surface area contributed by atoms with E-state index < -0.39 is 24.3 Å². The molecule has 0 aromatic heterocycles. The molecule has 0 aliphatic rings. The molecule has 0 heterocycles. The van der Waals surface area contributed by atoms with E-state index in [1.807, 2.05) is 0 Å². The molecule has 0 aliphatic heterocycles. The monoisotopic (exact) mass is 263 g/mol. The van der Waals surface area contributed by atoms with E-state index in [1.54, 1.807) is 0 Å². The Morgan fingerprint density at radius 1 is 1.00 bits per heavy atom. The number of hydrogen-bond donors (Lipinski definition) is 4. The second-order valence-corrected chi connectivity index (χ2v) is 3.93. The van der Waals surface area contributed by atoms with Crippen LogP contribution >= 0.6 is 11.9 Å². The maximum Gasteiger partial charge on any atom is 0.322 e. The van der Waals surface area contributed by atoms with Crippen molar-refractivity contribution in [2.24, 2.45) is 0 Å². The molecule has 0 saturated heterocycles. The third-order valence-corrected chi connectivity index (χ3v) is 1.91. The van der Waals surface area contributed by atoms with Gasteiger partial charge >= 0.3 is 5.97 Å². The van der Waals surface area contributed by atoms with E-state index in [1.165, 1.54) is 6.92 Å². The Morgan fingerprint density at radius 2 is 1.53 bits per heavy atom. The highest BCUT2D eigenvalue weighted by Gasteiger charge is 2.06. The fraction of sp³-hybridized carbons (Fsp3) is 0.500. The van der Waals surface area contributed by atoms with Crippen molar-refractivity contribution < 1.29 is 24.3 Å². The molecule has 0 fully saturated rings. The van der Waals surface area contributed by atoms with Crippen LogP contribution in [-0.4, -0.2) is 47.6 Å². The zero-order chi connectivity index (χ0) is 13.3. The molecule has 0 unspecified atom stereocenters. The van der Waals surface area contributed by atoms with Gasteiger partial charge in [-0.05, 0) is 11.9 Å². The van der Waals surface area contributed by atoms with Crippen molar-refractivity contribution in [3.05, 3.63) is 0 Å². The van der Waals surface area contributed by atoms with Crippen LogP contribution in [0.3, 0.4) is 0 Å². The Morgan fingerprint density at radius 3 is 2.06 bits per heavy atom. The van der Waals surface area contributed by atoms with Gasteiger partial charge in [-0.3, -0.25) is 19.2 Å². The van der Waals surface area contributed by atoms with Crippen LogP contribution < -0.4 is 15.4 Å². The largest absolute Gasteiger partial charge is 0.480 e. The van der Waals surface area contributed by atoms with Crippen molar-refractivity contribution in [2.75, 3.05) is 19.6 Å². The molecule has 8 nitrogen and oxygen atoms in total. The van der Waals surface area contributed by atoms with E-state index >= 15 is 0 Å². The van der Waals surface area contributed by atoms with Crippen LogP contribution in [0.15, 0.2) is 0 Å². The van der Waals surface area contributed by atoms with Crippen LogP contribution in [0, 0.1) is 0 Å². The Balaban J connectivity index is 3.59. The molecule has 0 bridgehead atoms. The van der Waals surface area contributed by atoms with Crippen LogP contribution in [0.1, 0.15) is 6.92 Å². The summed E-state index contributed by atoms with van der Waals surface area (Å²) in [6.07, 6.45) is 0. The molecule has 0 radical (unpaired) electrons. The quantitative estimate of drug-likeness (QED) is 0.395. The fourth-order valence-corrected chi connectivity index (χ4v) is 1.09. The summed E-state index contributed by atoms with van der Waals surface area (Å²) >= 11 is 0.780. The summed E-state index contributed by atoms with van der Waals surface area (Å²) in [5.74, 6) is -2.23. The summed E-state index contributed by atoms with van der Waals surface area (Å²) in [5.41, 5.74) is 0. The Kier molecular flexibility index (Phi) is 7.72. The first-order valence-corrected chi connectivity index (χ1v) is 5.39. The first-order chi connectivity index (χ1) is 7.91. The molecular weight excluding hydrogens is 250 g/mol. The van der Waals surface area contributed by atoms with Gasteiger partial charge in [0.1, 0.15) is 6.54 Å². The summed E-state index contributed by atoms with van der Waals surface area (Å²) in [7, 11) is 0. The molecule has 0 rings (SSSR count). The predicted molar refractivity (Wildman–Crippen MR) is 59.9 cm³/mol. The van der Waals surface area contributed by atoms with Crippen molar-refractivity contribution in [2.45, 2.75) is 6.92 Å². The van der Waals surface area contributed by atoms with Crippen molar-refractivity contribution in [1.82, 2.24) is 15.4 Å². The second kappa shape index (κ2) is 8.53. The summed E-state index contributed by atoms with van der Waals surface area (Å²) in [5, 5.41) is 12.4. The lowest BCUT2D eigenvalue weighted by atomic mass is 10.5. The highest BCUT2D eigenvalue weighted by molar-refractivity contribution is 8.11. The molecule has 0 spiro atoms. The zero-order valence-corrected chi connectivity index (χ0v) is 9.93. The first kappa shape index (κ1) is 15.4. The van der Waals surface area contributed by atoms with Crippen LogP contribution in [-0.2, 0) is 19.2 Å². The normalized spacial score (nSPS) is 9.47. The third kappa shape index (κ3) is 10.7. The molecule has 0 aromatic carbocycles. The number of hydrogen-bond acceptors (Lipinski definition) is 6. The number of carbonyl (C=O) groups excluding carboxylic acids is 3. The molecule has 0 saturated carbocycles. The fourth-order valence-electron chi connectivity index (χ4n) is 0.681.